The highest BCUT2D eigenvalue weighted by molar-refractivity contribution is 7.89. The van der Waals surface area contributed by atoms with E-state index in [2.05, 4.69) is 10.6 Å². The number of hydrogen-bond donors (Lipinski definition) is 2. The van der Waals surface area contributed by atoms with Crippen molar-refractivity contribution in [2.75, 3.05) is 13.1 Å². The molecule has 9 heteroatoms. The van der Waals surface area contributed by atoms with Crippen LogP contribution in [0, 0.1) is 0 Å². The smallest absolute Gasteiger partial charge is 0.268 e. The van der Waals surface area contributed by atoms with Gasteiger partial charge in [0.2, 0.25) is 15.9 Å². The third-order valence-corrected chi connectivity index (χ3v) is 6.31. The van der Waals surface area contributed by atoms with E-state index in [1.54, 1.807) is 27.8 Å². The number of aryl methyl sites for hydroxylation is 1. The molecule has 0 fully saturated rings. The number of rotatable bonds is 9. The quantitative estimate of drug-likeness (QED) is 0.663. The molecule has 0 radical (unpaired) electrons. The minimum Gasteiger partial charge on any atom is -0.352 e. The van der Waals surface area contributed by atoms with Gasteiger partial charge in [-0.2, -0.15) is 4.31 Å². The Morgan fingerprint density at radius 3 is 2.23 bits per heavy atom. The lowest BCUT2D eigenvalue weighted by Gasteiger charge is -2.17. The van der Waals surface area contributed by atoms with Crippen molar-refractivity contribution in [1.82, 2.24) is 19.5 Å². The van der Waals surface area contributed by atoms with Crippen molar-refractivity contribution >= 4 is 21.8 Å². The Hall–Kier alpha value is -1.87. The molecule has 2 atom stereocenters. The molecule has 0 aliphatic rings. The molecule has 0 aliphatic heterocycles. The van der Waals surface area contributed by atoms with E-state index in [0.717, 1.165) is 6.42 Å². The topological polar surface area (TPSA) is 101 Å². The van der Waals surface area contributed by atoms with Gasteiger partial charge in [0.05, 0.1) is 0 Å². The van der Waals surface area contributed by atoms with Gasteiger partial charge in [0.25, 0.3) is 5.91 Å². The lowest BCUT2D eigenvalue weighted by atomic mass is 10.2. The molecule has 0 aliphatic carbocycles. The van der Waals surface area contributed by atoms with Crippen molar-refractivity contribution in [2.45, 2.75) is 58.0 Å². The lowest BCUT2D eigenvalue weighted by molar-refractivity contribution is -0.123. The van der Waals surface area contributed by atoms with Gasteiger partial charge in [-0.05, 0) is 26.3 Å². The largest absolute Gasteiger partial charge is 0.352 e. The van der Waals surface area contributed by atoms with Gasteiger partial charge >= 0.3 is 0 Å². The van der Waals surface area contributed by atoms with Gasteiger partial charge in [0.15, 0.2) is 0 Å². The molecular formula is C17H30N4O4S. The first-order valence-electron chi connectivity index (χ1n) is 8.86. The van der Waals surface area contributed by atoms with Gasteiger partial charge in [-0.3, -0.25) is 9.59 Å². The van der Waals surface area contributed by atoms with Gasteiger partial charge in [-0.25, -0.2) is 8.42 Å². The maximum Gasteiger partial charge on any atom is 0.268 e. The Labute approximate surface area is 156 Å². The summed E-state index contributed by atoms with van der Waals surface area (Å²) in [7, 11) is -2.05. The molecule has 0 saturated carbocycles. The van der Waals surface area contributed by atoms with Crippen molar-refractivity contribution < 1.29 is 18.0 Å². The minimum atomic E-state index is -3.65. The number of nitrogens with zero attached hydrogens (tertiary/aromatic N) is 2. The van der Waals surface area contributed by atoms with E-state index in [-0.39, 0.29) is 22.5 Å². The summed E-state index contributed by atoms with van der Waals surface area (Å²) >= 11 is 0. The average Bonchev–Trinajstić information content (AvgIpc) is 2.98. The number of aromatic nitrogens is 1. The van der Waals surface area contributed by atoms with Crippen LogP contribution in [0.3, 0.4) is 0 Å². The summed E-state index contributed by atoms with van der Waals surface area (Å²) in [6.45, 7) is 9.64. The summed E-state index contributed by atoms with van der Waals surface area (Å²) in [4.78, 5) is 24.6. The van der Waals surface area contributed by atoms with Crippen LogP contribution in [0.2, 0.25) is 0 Å². The van der Waals surface area contributed by atoms with Crippen LogP contribution >= 0.6 is 0 Å². The van der Waals surface area contributed by atoms with Crippen LogP contribution in [-0.2, 0) is 21.9 Å². The molecule has 2 amide bonds. The van der Waals surface area contributed by atoms with Crippen LogP contribution in [0.25, 0.3) is 0 Å². The fraction of sp³-hybridized carbons (Fsp3) is 0.647. The van der Waals surface area contributed by atoms with Crippen LogP contribution in [0.15, 0.2) is 17.2 Å². The second-order valence-corrected chi connectivity index (χ2v) is 8.21. The summed E-state index contributed by atoms with van der Waals surface area (Å²) in [5.74, 6) is -0.779. The van der Waals surface area contributed by atoms with E-state index < -0.39 is 22.0 Å². The number of amides is 2. The number of carbonyl (C=O) groups is 2. The van der Waals surface area contributed by atoms with E-state index in [4.69, 9.17) is 0 Å². The number of sulfonamides is 1. The minimum absolute atomic E-state index is 0.0164. The molecule has 0 aromatic carbocycles. The molecule has 26 heavy (non-hydrogen) atoms. The zero-order valence-corrected chi connectivity index (χ0v) is 17.2. The highest BCUT2D eigenvalue weighted by atomic mass is 32.2. The highest BCUT2D eigenvalue weighted by Gasteiger charge is 2.26. The average molecular weight is 387 g/mol. The maximum absolute atomic E-state index is 12.6. The number of carbonyl (C=O) groups excluding carboxylic acids is 2. The maximum atomic E-state index is 12.6. The normalized spacial score (nSPS) is 14.1. The number of hydrogen-bond acceptors (Lipinski definition) is 4. The van der Waals surface area contributed by atoms with Gasteiger partial charge in [-0.15, -0.1) is 0 Å². The van der Waals surface area contributed by atoms with Gasteiger partial charge in [0, 0.05) is 32.4 Å². The predicted molar refractivity (Wildman–Crippen MR) is 100 cm³/mol. The van der Waals surface area contributed by atoms with Gasteiger partial charge in [0.1, 0.15) is 16.6 Å². The first-order valence-corrected chi connectivity index (χ1v) is 10.3. The lowest BCUT2D eigenvalue weighted by Crippen LogP contribution is -2.47. The molecule has 0 spiro atoms. The van der Waals surface area contributed by atoms with Gasteiger partial charge in [-0.1, -0.05) is 20.8 Å². The van der Waals surface area contributed by atoms with E-state index in [1.165, 1.54) is 21.1 Å². The summed E-state index contributed by atoms with van der Waals surface area (Å²) in [6.07, 6.45) is 2.20. The molecule has 1 aromatic rings. The van der Waals surface area contributed by atoms with Crippen molar-refractivity contribution in [3.8, 4) is 0 Å². The zero-order valence-electron chi connectivity index (χ0n) is 16.4. The Morgan fingerprint density at radius 1 is 1.15 bits per heavy atom. The summed E-state index contributed by atoms with van der Waals surface area (Å²) in [5.41, 5.74) is 0.180. The first-order chi connectivity index (χ1) is 12.1. The van der Waals surface area contributed by atoms with Crippen LogP contribution in [0.1, 0.15) is 51.5 Å². The second kappa shape index (κ2) is 9.18. The standard InChI is InChI=1S/C17H30N4O4S/c1-7-12(4)18-16(22)13(5)19-17(23)15-10-14(11-20(15)6)26(24,25)21(8-2)9-3/h10-13H,7-9H2,1-6H3,(H,18,22)(H,19,23). The molecular weight excluding hydrogens is 356 g/mol. The first kappa shape index (κ1) is 22.2. The molecule has 2 N–H and O–H groups in total. The fourth-order valence-electron chi connectivity index (χ4n) is 2.42. The van der Waals surface area contributed by atoms with Crippen LogP contribution in [-0.4, -0.2) is 54.3 Å². The van der Waals surface area contributed by atoms with Crippen LogP contribution in [0.5, 0.6) is 0 Å². The molecule has 2 unspecified atom stereocenters. The van der Waals surface area contributed by atoms with E-state index in [1.807, 2.05) is 13.8 Å². The van der Waals surface area contributed by atoms with Gasteiger partial charge < -0.3 is 15.2 Å². The van der Waals surface area contributed by atoms with Crippen molar-refractivity contribution in [3.05, 3.63) is 18.0 Å². The van der Waals surface area contributed by atoms with Crippen LogP contribution < -0.4 is 10.6 Å². The van der Waals surface area contributed by atoms with Crippen molar-refractivity contribution in [1.29, 1.82) is 0 Å². The van der Waals surface area contributed by atoms with E-state index >= 15 is 0 Å². The Balaban J connectivity index is 2.95. The molecule has 148 valence electrons. The van der Waals surface area contributed by atoms with Crippen LogP contribution in [0.4, 0.5) is 0 Å². The van der Waals surface area contributed by atoms with E-state index in [0.29, 0.717) is 13.1 Å². The predicted octanol–water partition coefficient (Wildman–Crippen LogP) is 1.09. The third kappa shape index (κ3) is 5.07. The van der Waals surface area contributed by atoms with Crippen molar-refractivity contribution in [2.24, 2.45) is 7.05 Å². The summed E-state index contributed by atoms with van der Waals surface area (Å²) in [6, 6.07) is 0.624. The SMILES string of the molecule is CCC(C)NC(=O)C(C)NC(=O)c1cc(S(=O)(=O)N(CC)CC)cn1C. The molecule has 1 aromatic heterocycles. The molecule has 1 rings (SSSR count). The summed E-state index contributed by atoms with van der Waals surface area (Å²) < 4.78 is 27.9. The molecule has 8 nitrogen and oxygen atoms in total. The highest BCUT2D eigenvalue weighted by Crippen LogP contribution is 2.18. The second-order valence-electron chi connectivity index (χ2n) is 6.27. The monoisotopic (exact) mass is 386 g/mol. The number of nitrogens with one attached hydrogen (secondary N) is 2. The Bertz CT molecular complexity index is 738. The Morgan fingerprint density at radius 2 is 1.73 bits per heavy atom. The molecule has 0 saturated heterocycles. The fourth-order valence-corrected chi connectivity index (χ4v) is 3.95. The Kier molecular flexibility index (Phi) is 7.83. The zero-order chi connectivity index (χ0) is 20.1. The molecule has 1 heterocycles. The van der Waals surface area contributed by atoms with E-state index in [9.17, 15) is 18.0 Å². The molecule has 0 bridgehead atoms. The third-order valence-electron chi connectivity index (χ3n) is 4.30. The summed E-state index contributed by atoms with van der Waals surface area (Å²) in [5, 5.41) is 5.41. The van der Waals surface area contributed by atoms with Crippen molar-refractivity contribution in [3.63, 3.8) is 0 Å².